The van der Waals surface area contributed by atoms with Gasteiger partial charge in [-0.15, -0.1) is 0 Å². The van der Waals surface area contributed by atoms with E-state index in [0.717, 1.165) is 13.0 Å². The average molecular weight is 242 g/mol. The Balaban J connectivity index is 2.33. The summed E-state index contributed by atoms with van der Waals surface area (Å²) in [7, 11) is 2.17. The number of carboxylic acid groups (broad SMARTS) is 1. The van der Waals surface area contributed by atoms with Crippen molar-refractivity contribution in [3.05, 3.63) is 0 Å². The fourth-order valence-corrected chi connectivity index (χ4v) is 2.38. The summed E-state index contributed by atoms with van der Waals surface area (Å²) in [6, 6.07) is 0.617. The molecule has 0 amide bonds. The first-order chi connectivity index (χ1) is 7.99. The highest BCUT2D eigenvalue weighted by atomic mass is 16.4. The lowest BCUT2D eigenvalue weighted by Crippen LogP contribution is -2.50. The van der Waals surface area contributed by atoms with E-state index in [2.05, 4.69) is 17.3 Å². The molecule has 0 aromatic carbocycles. The molecule has 2 unspecified atom stereocenters. The number of rotatable bonds is 6. The Kier molecular flexibility index (Phi) is 5.40. The topological polar surface area (TPSA) is 52.6 Å². The zero-order chi connectivity index (χ0) is 12.9. The standard InChI is InChI=1S/C13H26N2O2/c1-4-13(2,12(16)17)14-9-8-11-7-5-6-10-15(11)3/h11,14H,4-10H2,1-3H3,(H,16,17). The highest BCUT2D eigenvalue weighted by Crippen LogP contribution is 2.18. The number of hydrogen-bond donors (Lipinski definition) is 2. The zero-order valence-corrected chi connectivity index (χ0v) is 11.3. The van der Waals surface area contributed by atoms with Crippen molar-refractivity contribution in [3.8, 4) is 0 Å². The van der Waals surface area contributed by atoms with Gasteiger partial charge in [0.15, 0.2) is 0 Å². The van der Waals surface area contributed by atoms with Gasteiger partial charge in [-0.2, -0.15) is 0 Å². The number of aliphatic carboxylic acids is 1. The third-order valence-corrected chi connectivity index (χ3v) is 4.09. The summed E-state index contributed by atoms with van der Waals surface area (Å²) in [5, 5.41) is 12.3. The van der Waals surface area contributed by atoms with Crippen molar-refractivity contribution in [1.82, 2.24) is 10.2 Å². The SMILES string of the molecule is CCC(C)(NCCC1CCCCN1C)C(=O)O. The lowest BCUT2D eigenvalue weighted by molar-refractivity contribution is -0.144. The molecule has 1 aliphatic heterocycles. The van der Waals surface area contributed by atoms with Crippen molar-refractivity contribution in [2.45, 2.75) is 57.5 Å². The third-order valence-electron chi connectivity index (χ3n) is 4.09. The highest BCUT2D eigenvalue weighted by molar-refractivity contribution is 5.78. The molecule has 2 N–H and O–H groups in total. The molecule has 0 radical (unpaired) electrons. The molecule has 0 aliphatic carbocycles. The number of piperidine rings is 1. The molecule has 1 fully saturated rings. The predicted molar refractivity (Wildman–Crippen MR) is 69.2 cm³/mol. The second kappa shape index (κ2) is 6.36. The predicted octanol–water partition coefficient (Wildman–Crippen LogP) is 1.70. The van der Waals surface area contributed by atoms with Crippen LogP contribution >= 0.6 is 0 Å². The smallest absolute Gasteiger partial charge is 0.323 e. The Bertz CT molecular complexity index is 258. The monoisotopic (exact) mass is 242 g/mol. The first-order valence-electron chi connectivity index (χ1n) is 6.68. The molecule has 0 aromatic heterocycles. The van der Waals surface area contributed by atoms with E-state index in [9.17, 15) is 4.79 Å². The van der Waals surface area contributed by atoms with E-state index in [4.69, 9.17) is 5.11 Å². The average Bonchev–Trinajstić information content (AvgIpc) is 2.31. The summed E-state index contributed by atoms with van der Waals surface area (Å²) in [4.78, 5) is 13.5. The Hall–Kier alpha value is -0.610. The fourth-order valence-electron chi connectivity index (χ4n) is 2.38. The van der Waals surface area contributed by atoms with Crippen LogP contribution in [0.15, 0.2) is 0 Å². The Morgan fingerprint density at radius 1 is 1.53 bits per heavy atom. The molecule has 0 aromatic rings. The number of nitrogens with one attached hydrogen (secondary N) is 1. The van der Waals surface area contributed by atoms with Gasteiger partial charge in [-0.1, -0.05) is 13.3 Å². The van der Waals surface area contributed by atoms with Crippen LogP contribution in [0.3, 0.4) is 0 Å². The van der Waals surface area contributed by atoms with Gasteiger partial charge in [0, 0.05) is 6.04 Å². The van der Waals surface area contributed by atoms with Crippen molar-refractivity contribution in [2.24, 2.45) is 0 Å². The van der Waals surface area contributed by atoms with Gasteiger partial charge >= 0.3 is 5.97 Å². The van der Waals surface area contributed by atoms with Crippen LogP contribution in [0.25, 0.3) is 0 Å². The van der Waals surface area contributed by atoms with Gasteiger partial charge in [-0.05, 0) is 52.7 Å². The minimum atomic E-state index is -0.771. The summed E-state index contributed by atoms with van der Waals surface area (Å²) in [6.45, 7) is 5.63. The van der Waals surface area contributed by atoms with Crippen LogP contribution in [0, 0.1) is 0 Å². The molecule has 1 aliphatic rings. The summed E-state index contributed by atoms with van der Waals surface area (Å²) < 4.78 is 0. The largest absolute Gasteiger partial charge is 0.480 e. The summed E-state index contributed by atoms with van der Waals surface area (Å²) in [5.74, 6) is -0.753. The molecule has 4 heteroatoms. The van der Waals surface area contributed by atoms with E-state index in [1.165, 1.54) is 25.8 Å². The maximum Gasteiger partial charge on any atom is 0.323 e. The van der Waals surface area contributed by atoms with Crippen molar-refractivity contribution in [3.63, 3.8) is 0 Å². The van der Waals surface area contributed by atoms with Gasteiger partial charge in [0.05, 0.1) is 0 Å². The molecule has 100 valence electrons. The molecular formula is C13H26N2O2. The van der Waals surface area contributed by atoms with Crippen LogP contribution in [0.4, 0.5) is 0 Å². The van der Waals surface area contributed by atoms with Crippen LogP contribution in [-0.4, -0.2) is 47.7 Å². The Morgan fingerprint density at radius 2 is 2.24 bits per heavy atom. The maximum atomic E-state index is 11.1. The molecule has 0 spiro atoms. The summed E-state index contributed by atoms with van der Waals surface area (Å²) in [6.07, 6.45) is 5.50. The maximum absolute atomic E-state index is 11.1. The molecule has 0 bridgehead atoms. The first-order valence-corrected chi connectivity index (χ1v) is 6.68. The minimum absolute atomic E-state index is 0.614. The number of nitrogens with zero attached hydrogens (tertiary/aromatic N) is 1. The van der Waals surface area contributed by atoms with E-state index in [0.29, 0.717) is 12.5 Å². The zero-order valence-electron chi connectivity index (χ0n) is 11.3. The Labute approximate surface area is 104 Å². The molecule has 1 heterocycles. The molecule has 0 saturated carbocycles. The number of hydrogen-bond acceptors (Lipinski definition) is 3. The van der Waals surface area contributed by atoms with E-state index < -0.39 is 11.5 Å². The molecule has 2 atom stereocenters. The third kappa shape index (κ3) is 3.96. The molecular weight excluding hydrogens is 216 g/mol. The Morgan fingerprint density at radius 3 is 2.76 bits per heavy atom. The molecule has 1 rings (SSSR count). The first kappa shape index (κ1) is 14.5. The highest BCUT2D eigenvalue weighted by Gasteiger charge is 2.30. The van der Waals surface area contributed by atoms with E-state index in [1.54, 1.807) is 6.92 Å². The number of likely N-dealkylation sites (tertiary alicyclic amines) is 1. The number of carbonyl (C=O) groups is 1. The van der Waals surface area contributed by atoms with Crippen molar-refractivity contribution in [2.75, 3.05) is 20.1 Å². The van der Waals surface area contributed by atoms with E-state index in [-0.39, 0.29) is 0 Å². The van der Waals surface area contributed by atoms with Crippen LogP contribution < -0.4 is 5.32 Å². The second-order valence-corrected chi connectivity index (χ2v) is 5.34. The van der Waals surface area contributed by atoms with Crippen molar-refractivity contribution < 1.29 is 9.90 Å². The van der Waals surface area contributed by atoms with E-state index in [1.807, 2.05) is 6.92 Å². The van der Waals surface area contributed by atoms with Crippen LogP contribution in [0.5, 0.6) is 0 Å². The van der Waals surface area contributed by atoms with Gasteiger partial charge in [0.1, 0.15) is 5.54 Å². The number of carboxylic acids is 1. The van der Waals surface area contributed by atoms with Crippen LogP contribution in [0.1, 0.15) is 46.0 Å². The lowest BCUT2D eigenvalue weighted by Gasteiger charge is -2.33. The fraction of sp³-hybridized carbons (Fsp3) is 0.923. The van der Waals surface area contributed by atoms with Gasteiger partial charge in [-0.3, -0.25) is 4.79 Å². The van der Waals surface area contributed by atoms with Gasteiger partial charge in [0.2, 0.25) is 0 Å². The van der Waals surface area contributed by atoms with Crippen LogP contribution in [-0.2, 0) is 4.79 Å². The second-order valence-electron chi connectivity index (χ2n) is 5.34. The quantitative estimate of drug-likeness (QED) is 0.744. The summed E-state index contributed by atoms with van der Waals surface area (Å²) in [5.41, 5.74) is -0.771. The molecule has 17 heavy (non-hydrogen) atoms. The normalized spacial score (nSPS) is 25.5. The van der Waals surface area contributed by atoms with E-state index >= 15 is 0 Å². The molecule has 4 nitrogen and oxygen atoms in total. The van der Waals surface area contributed by atoms with Gasteiger partial charge in [0.25, 0.3) is 0 Å². The lowest BCUT2D eigenvalue weighted by atomic mass is 9.97. The van der Waals surface area contributed by atoms with Crippen LogP contribution in [0.2, 0.25) is 0 Å². The van der Waals surface area contributed by atoms with Gasteiger partial charge in [-0.25, -0.2) is 0 Å². The minimum Gasteiger partial charge on any atom is -0.480 e. The molecule has 1 saturated heterocycles. The van der Waals surface area contributed by atoms with Gasteiger partial charge < -0.3 is 15.3 Å². The van der Waals surface area contributed by atoms with Crippen molar-refractivity contribution in [1.29, 1.82) is 0 Å². The summed E-state index contributed by atoms with van der Waals surface area (Å²) >= 11 is 0. The van der Waals surface area contributed by atoms with Crippen molar-refractivity contribution >= 4 is 5.97 Å².